The number of aliphatic hydroxyl groups excluding tert-OH is 2. The smallest absolute Gasteiger partial charge is 0.333 e. The standard InChI is InChI=1S/C25H25N3O2.C24H24N4O5S.2CH4/c1-18-11-20(12-22(18)16-29)13-24-23(14-26-17-27-24)25(30)21-8-10-28(15-21)9-7-19-5-3-2-4-6-19;25-34(31,32)33-15-20-10-18(12-23(20)29)11-22-21(13-26-16-27-22)24(30)19-7-9-28(14-19)8-6-17-4-2-1-3-5-17;;/h2-6,8,10,14-15,17-18,20,22,29H,11-13,16H2,1H3;1-5,7,9,13-14,16,18,20,23,29H,10-12,15H2,(H2,25,31,32);2*1H4/t18-,20-,22+;18-,20+,23-;;/m00../s1. The van der Waals surface area contributed by atoms with Gasteiger partial charge in [0.05, 0.1) is 35.2 Å². The van der Waals surface area contributed by atoms with Crippen molar-refractivity contribution < 1.29 is 32.4 Å². The molecule has 4 aromatic heterocycles. The summed E-state index contributed by atoms with van der Waals surface area (Å²) in [7, 11) is -4.07. The minimum Gasteiger partial charge on any atom is -0.396 e. The minimum absolute atomic E-state index is 0. The van der Waals surface area contributed by atoms with E-state index in [1.165, 1.54) is 18.9 Å². The first-order valence-corrected chi connectivity index (χ1v) is 22.5. The number of carbonyl (C=O) groups excluding carboxylic acids is 2. The summed E-state index contributed by atoms with van der Waals surface area (Å²) in [4.78, 5) is 43.1. The number of carbonyl (C=O) groups is 2. The fourth-order valence-electron chi connectivity index (χ4n) is 8.41. The number of nitrogens with two attached hydrogens (primary N) is 1. The maximum atomic E-state index is 13.2. The molecule has 0 radical (unpaired) electrons. The van der Waals surface area contributed by atoms with Crippen molar-refractivity contribution in [1.29, 1.82) is 0 Å². The summed E-state index contributed by atoms with van der Waals surface area (Å²) in [6.07, 6.45) is 16.4. The maximum absolute atomic E-state index is 13.2. The molecule has 4 heterocycles. The van der Waals surface area contributed by atoms with Gasteiger partial charge in [0, 0.05) is 84.0 Å². The number of hydrogen-bond donors (Lipinski definition) is 3. The summed E-state index contributed by atoms with van der Waals surface area (Å²) in [5, 5.41) is 24.7. The fraction of sp³-hybridized carbons (Fsp3) is 0.333. The van der Waals surface area contributed by atoms with E-state index in [0.29, 0.717) is 65.0 Å². The van der Waals surface area contributed by atoms with Gasteiger partial charge >= 0.3 is 10.3 Å². The number of aromatic nitrogens is 6. The van der Waals surface area contributed by atoms with Crippen molar-refractivity contribution in [3.05, 3.63) is 167 Å². The van der Waals surface area contributed by atoms with Crippen LogP contribution in [0.5, 0.6) is 0 Å². The summed E-state index contributed by atoms with van der Waals surface area (Å²) in [6.45, 7) is 2.24. The van der Waals surface area contributed by atoms with Gasteiger partial charge in [-0.3, -0.25) is 22.9 Å². The third-order valence-electron chi connectivity index (χ3n) is 11.7. The second-order valence-corrected chi connectivity index (χ2v) is 17.6. The van der Waals surface area contributed by atoms with E-state index in [-0.39, 0.29) is 51.5 Å². The highest BCUT2D eigenvalue weighted by atomic mass is 32.2. The first-order valence-electron chi connectivity index (χ1n) is 21.1. The first kappa shape index (κ1) is 50.4. The summed E-state index contributed by atoms with van der Waals surface area (Å²) in [5.74, 6) is 6.73. The van der Waals surface area contributed by atoms with Gasteiger partial charge in [-0.05, 0) is 110 Å². The van der Waals surface area contributed by atoms with Crippen LogP contribution >= 0.6 is 0 Å². The number of benzene rings is 2. The minimum atomic E-state index is -4.07. The Bertz CT molecular complexity index is 2790. The molecule has 0 bridgehead atoms. The number of aliphatic hydroxyl groups is 2. The molecule has 6 atom stereocenters. The van der Waals surface area contributed by atoms with Gasteiger partial charge in [-0.25, -0.2) is 25.1 Å². The zero-order valence-corrected chi connectivity index (χ0v) is 36.1. The Hall–Kier alpha value is -6.59. The van der Waals surface area contributed by atoms with Gasteiger partial charge in [0.2, 0.25) is 0 Å². The molecule has 8 rings (SSSR count). The van der Waals surface area contributed by atoms with Crippen LogP contribution in [0.25, 0.3) is 0 Å². The van der Waals surface area contributed by atoms with Gasteiger partial charge in [0.15, 0.2) is 11.6 Å². The second kappa shape index (κ2) is 23.6. The third kappa shape index (κ3) is 13.7. The van der Waals surface area contributed by atoms with Crippen LogP contribution in [0.3, 0.4) is 0 Å². The van der Waals surface area contributed by atoms with Crippen molar-refractivity contribution in [3.63, 3.8) is 0 Å². The van der Waals surface area contributed by atoms with Crippen molar-refractivity contribution in [2.24, 2.45) is 34.7 Å². The normalized spacial score (nSPS) is 19.6. The van der Waals surface area contributed by atoms with E-state index in [9.17, 15) is 28.2 Å². The third-order valence-corrected chi connectivity index (χ3v) is 12.2. The quantitative estimate of drug-likeness (QED) is 0.0911. The molecule has 2 saturated carbocycles. The van der Waals surface area contributed by atoms with E-state index in [1.54, 1.807) is 52.3 Å². The Morgan fingerprint density at radius 1 is 0.727 bits per heavy atom. The van der Waals surface area contributed by atoms with E-state index in [2.05, 4.69) is 55.0 Å². The van der Waals surface area contributed by atoms with Gasteiger partial charge in [-0.1, -0.05) is 58.2 Å². The average molecular weight is 912 g/mol. The Labute approximate surface area is 387 Å². The largest absolute Gasteiger partial charge is 0.396 e. The highest BCUT2D eigenvalue weighted by Crippen LogP contribution is 2.38. The molecule has 2 aliphatic carbocycles. The predicted octanol–water partition coefficient (Wildman–Crippen LogP) is 6.35. The lowest BCUT2D eigenvalue weighted by molar-refractivity contribution is 0.100. The highest BCUT2D eigenvalue weighted by molar-refractivity contribution is 7.84. The van der Waals surface area contributed by atoms with E-state index >= 15 is 0 Å². The summed E-state index contributed by atoms with van der Waals surface area (Å²) in [5.41, 5.74) is 5.12. The lowest BCUT2D eigenvalue weighted by Gasteiger charge is -2.13. The number of ketones is 2. The molecule has 0 amide bonds. The van der Waals surface area contributed by atoms with Crippen LogP contribution in [-0.4, -0.2) is 78.6 Å². The Balaban J connectivity index is 0.000000242. The number of rotatable bonds is 12. The van der Waals surface area contributed by atoms with Crippen LogP contribution in [0.1, 0.15) is 102 Å². The van der Waals surface area contributed by atoms with E-state index in [1.807, 2.05) is 60.7 Å². The zero-order chi connectivity index (χ0) is 45.1. The molecule has 4 N–H and O–H groups in total. The molecule has 66 heavy (non-hydrogen) atoms. The van der Waals surface area contributed by atoms with Crippen molar-refractivity contribution in [2.45, 2.75) is 66.4 Å². The molecule has 2 aromatic carbocycles. The van der Waals surface area contributed by atoms with Crippen LogP contribution in [0.2, 0.25) is 0 Å². The van der Waals surface area contributed by atoms with Crippen LogP contribution in [-0.2, 0) is 27.3 Å². The van der Waals surface area contributed by atoms with Crippen LogP contribution in [0, 0.1) is 53.5 Å². The maximum Gasteiger partial charge on any atom is 0.333 e. The van der Waals surface area contributed by atoms with E-state index in [4.69, 9.17) is 5.14 Å². The topological polar surface area (TPSA) is 205 Å². The second-order valence-electron chi connectivity index (χ2n) is 16.4. The van der Waals surface area contributed by atoms with E-state index in [0.717, 1.165) is 36.1 Å². The van der Waals surface area contributed by atoms with E-state index < -0.39 is 16.4 Å². The van der Waals surface area contributed by atoms with Crippen molar-refractivity contribution in [3.8, 4) is 23.9 Å². The van der Waals surface area contributed by atoms with Gasteiger partial charge < -0.3 is 10.2 Å². The summed E-state index contributed by atoms with van der Waals surface area (Å²) < 4.78 is 30.1. The first-order chi connectivity index (χ1) is 30.9. The molecule has 14 nitrogen and oxygen atoms in total. The Kier molecular flexibility index (Phi) is 18.0. The number of nitrogens with zero attached hydrogens (tertiary/aromatic N) is 6. The zero-order valence-electron chi connectivity index (χ0n) is 35.3. The van der Waals surface area contributed by atoms with Crippen molar-refractivity contribution >= 4 is 21.9 Å². The highest BCUT2D eigenvalue weighted by Gasteiger charge is 2.35. The SMILES string of the molecule is C.C.C[C@H]1C[C@H](Cc2ncncc2C(=O)c2ccn(C#Cc3ccccc3)c2)C[C@@H]1CO.NS(=O)(=O)OC[C@H]1C[C@@H](Cc2ncncc2C(=O)c2ccn(C#Cc3ccccc3)c2)C[C@@H]1O. The lowest BCUT2D eigenvalue weighted by atomic mass is 9.95. The lowest BCUT2D eigenvalue weighted by Crippen LogP contribution is -2.24. The molecule has 2 aliphatic rings. The summed E-state index contributed by atoms with van der Waals surface area (Å²) >= 11 is 0. The van der Waals surface area contributed by atoms with Gasteiger partial charge in [0.1, 0.15) is 12.7 Å². The molecule has 6 aromatic rings. The Morgan fingerprint density at radius 2 is 1.20 bits per heavy atom. The fourth-order valence-corrected chi connectivity index (χ4v) is 8.78. The monoisotopic (exact) mass is 911 g/mol. The predicted molar refractivity (Wildman–Crippen MR) is 252 cm³/mol. The van der Waals surface area contributed by atoms with Crippen LogP contribution < -0.4 is 5.14 Å². The summed E-state index contributed by atoms with van der Waals surface area (Å²) in [6, 6.07) is 28.8. The van der Waals surface area contributed by atoms with Gasteiger partial charge in [0.25, 0.3) is 0 Å². The van der Waals surface area contributed by atoms with Crippen molar-refractivity contribution in [2.75, 3.05) is 13.2 Å². The molecule has 0 unspecified atom stereocenters. The van der Waals surface area contributed by atoms with Crippen molar-refractivity contribution in [1.82, 2.24) is 29.1 Å². The Morgan fingerprint density at radius 3 is 1.65 bits per heavy atom. The molecule has 2 fully saturated rings. The molecule has 15 heteroatoms. The molecular weight excluding hydrogens is 855 g/mol. The van der Waals surface area contributed by atoms with Crippen LogP contribution in [0.4, 0.5) is 0 Å². The van der Waals surface area contributed by atoms with Gasteiger partial charge in [-0.15, -0.1) is 0 Å². The molecule has 0 aliphatic heterocycles. The molecule has 0 saturated heterocycles. The molecule has 0 spiro atoms. The van der Waals surface area contributed by atoms with Crippen LogP contribution in [0.15, 0.2) is 123 Å². The molecule has 344 valence electrons. The van der Waals surface area contributed by atoms with Gasteiger partial charge in [-0.2, -0.15) is 8.42 Å². The average Bonchev–Trinajstić information content (AvgIpc) is 4.12. The molecular formula is C51H57N7O7S. The number of hydrogen-bond acceptors (Lipinski definition) is 11.